The molecule has 0 radical (unpaired) electrons. The predicted octanol–water partition coefficient (Wildman–Crippen LogP) is 2.07. The Morgan fingerprint density at radius 2 is 2.00 bits per heavy atom. The molecule has 1 aliphatic rings. The maximum atomic E-state index is 2.56. The molecular weight excluding hydrogens is 180 g/mol. The highest BCUT2D eigenvalue weighted by Crippen LogP contribution is 2.17. The largest absolute Gasteiger partial charge is 0.242 e. The molecule has 78 valence electrons. The molecule has 0 N–H and O–H groups in total. The van der Waals surface area contributed by atoms with Gasteiger partial charge in [0.2, 0.25) is 0 Å². The number of thioether (sulfide) groups is 1. The lowest BCUT2D eigenvalue weighted by Crippen LogP contribution is -2.48. The van der Waals surface area contributed by atoms with Gasteiger partial charge in [0.1, 0.15) is 0 Å². The molecule has 3 heteroatoms. The fourth-order valence-electron chi connectivity index (χ4n) is 1.89. The van der Waals surface area contributed by atoms with Crippen LogP contribution in [-0.4, -0.2) is 47.2 Å². The Balaban J connectivity index is 2.51. The third kappa shape index (κ3) is 3.15. The summed E-state index contributed by atoms with van der Waals surface area (Å²) in [5.41, 5.74) is 0. The lowest BCUT2D eigenvalue weighted by Gasteiger charge is -2.36. The Bertz CT molecular complexity index is 137. The van der Waals surface area contributed by atoms with E-state index in [-0.39, 0.29) is 0 Å². The molecule has 1 unspecified atom stereocenters. The van der Waals surface area contributed by atoms with E-state index in [2.05, 4.69) is 42.6 Å². The van der Waals surface area contributed by atoms with Gasteiger partial charge in [0, 0.05) is 31.4 Å². The van der Waals surface area contributed by atoms with Crippen LogP contribution in [0.25, 0.3) is 0 Å². The Morgan fingerprint density at radius 1 is 1.31 bits per heavy atom. The van der Waals surface area contributed by atoms with Gasteiger partial charge in [-0.25, -0.2) is 10.0 Å². The van der Waals surface area contributed by atoms with Crippen molar-refractivity contribution in [2.75, 3.05) is 31.1 Å². The van der Waals surface area contributed by atoms with Crippen LogP contribution in [0.15, 0.2) is 0 Å². The number of hydrogen-bond acceptors (Lipinski definition) is 3. The van der Waals surface area contributed by atoms with E-state index in [4.69, 9.17) is 0 Å². The van der Waals surface area contributed by atoms with Crippen molar-refractivity contribution in [1.29, 1.82) is 0 Å². The standard InChI is InChI=1S/C10H22N2S/c1-4-11(5-2)12-7-9-13-8-6-10(12)3/h10H,4-9H2,1-3H3. The van der Waals surface area contributed by atoms with E-state index in [0.29, 0.717) is 0 Å². The monoisotopic (exact) mass is 202 g/mol. The van der Waals surface area contributed by atoms with E-state index in [1.54, 1.807) is 0 Å². The summed E-state index contributed by atoms with van der Waals surface area (Å²) >= 11 is 2.09. The Morgan fingerprint density at radius 3 is 2.62 bits per heavy atom. The molecule has 0 saturated carbocycles. The summed E-state index contributed by atoms with van der Waals surface area (Å²) in [6.45, 7) is 10.4. The molecule has 1 fully saturated rings. The fourth-order valence-corrected chi connectivity index (χ4v) is 2.92. The SMILES string of the molecule is CCN(CC)N1CCSCCC1C. The van der Waals surface area contributed by atoms with Crippen molar-refractivity contribution in [2.24, 2.45) is 0 Å². The number of nitrogens with zero attached hydrogens (tertiary/aromatic N) is 2. The molecule has 0 spiro atoms. The van der Waals surface area contributed by atoms with Crippen molar-refractivity contribution in [3.63, 3.8) is 0 Å². The van der Waals surface area contributed by atoms with Crippen LogP contribution in [0.4, 0.5) is 0 Å². The molecular formula is C10H22N2S. The number of hydrogen-bond donors (Lipinski definition) is 0. The highest BCUT2D eigenvalue weighted by Gasteiger charge is 2.20. The van der Waals surface area contributed by atoms with E-state index in [1.807, 2.05) is 0 Å². The lowest BCUT2D eigenvalue weighted by molar-refractivity contribution is -0.0422. The van der Waals surface area contributed by atoms with Crippen molar-refractivity contribution in [2.45, 2.75) is 33.2 Å². The van der Waals surface area contributed by atoms with Crippen LogP contribution < -0.4 is 0 Å². The molecule has 0 aliphatic carbocycles. The summed E-state index contributed by atoms with van der Waals surface area (Å²) in [5, 5.41) is 5.02. The zero-order valence-electron chi connectivity index (χ0n) is 9.12. The summed E-state index contributed by atoms with van der Waals surface area (Å²) in [5.74, 6) is 2.62. The van der Waals surface area contributed by atoms with E-state index in [9.17, 15) is 0 Å². The van der Waals surface area contributed by atoms with Crippen molar-refractivity contribution in [1.82, 2.24) is 10.0 Å². The van der Waals surface area contributed by atoms with Gasteiger partial charge in [-0.1, -0.05) is 13.8 Å². The maximum Gasteiger partial charge on any atom is 0.0227 e. The van der Waals surface area contributed by atoms with Crippen LogP contribution >= 0.6 is 11.8 Å². The van der Waals surface area contributed by atoms with Gasteiger partial charge in [-0.3, -0.25) is 0 Å². The van der Waals surface area contributed by atoms with Gasteiger partial charge < -0.3 is 0 Å². The molecule has 0 bridgehead atoms. The topological polar surface area (TPSA) is 6.48 Å². The normalized spacial score (nSPS) is 26.3. The Hall–Kier alpha value is 0.270. The second kappa shape index (κ2) is 5.89. The molecule has 2 nitrogen and oxygen atoms in total. The molecule has 1 aliphatic heterocycles. The lowest BCUT2D eigenvalue weighted by atomic mass is 10.2. The first-order valence-electron chi connectivity index (χ1n) is 5.38. The van der Waals surface area contributed by atoms with Crippen molar-refractivity contribution < 1.29 is 0 Å². The van der Waals surface area contributed by atoms with E-state index < -0.39 is 0 Å². The highest BCUT2D eigenvalue weighted by molar-refractivity contribution is 7.99. The summed E-state index contributed by atoms with van der Waals surface area (Å²) < 4.78 is 0. The van der Waals surface area contributed by atoms with Gasteiger partial charge in [-0.05, 0) is 19.1 Å². The molecule has 1 saturated heterocycles. The molecule has 0 amide bonds. The predicted molar refractivity (Wildman–Crippen MR) is 61.0 cm³/mol. The van der Waals surface area contributed by atoms with Crippen LogP contribution in [0.5, 0.6) is 0 Å². The van der Waals surface area contributed by atoms with Gasteiger partial charge in [-0.15, -0.1) is 0 Å². The van der Waals surface area contributed by atoms with Crippen molar-refractivity contribution in [3.05, 3.63) is 0 Å². The van der Waals surface area contributed by atoms with Gasteiger partial charge in [-0.2, -0.15) is 11.8 Å². The Labute approximate surface area is 86.6 Å². The minimum Gasteiger partial charge on any atom is -0.242 e. The molecule has 1 rings (SSSR count). The molecule has 0 aromatic carbocycles. The highest BCUT2D eigenvalue weighted by atomic mass is 32.2. The van der Waals surface area contributed by atoms with Crippen LogP contribution in [-0.2, 0) is 0 Å². The number of rotatable bonds is 3. The minimum atomic E-state index is 0.731. The fraction of sp³-hybridized carbons (Fsp3) is 1.00. The molecule has 1 atom stereocenters. The summed E-state index contributed by atoms with van der Waals surface area (Å²) in [6, 6.07) is 0.731. The maximum absolute atomic E-state index is 2.56. The van der Waals surface area contributed by atoms with E-state index in [0.717, 1.165) is 19.1 Å². The van der Waals surface area contributed by atoms with Crippen LogP contribution in [0.2, 0.25) is 0 Å². The van der Waals surface area contributed by atoms with E-state index in [1.165, 1.54) is 24.5 Å². The van der Waals surface area contributed by atoms with Crippen LogP contribution in [0, 0.1) is 0 Å². The zero-order chi connectivity index (χ0) is 9.68. The van der Waals surface area contributed by atoms with Crippen molar-refractivity contribution >= 4 is 11.8 Å². The molecule has 1 heterocycles. The smallest absolute Gasteiger partial charge is 0.0227 e. The average molecular weight is 202 g/mol. The third-order valence-electron chi connectivity index (χ3n) is 2.75. The molecule has 13 heavy (non-hydrogen) atoms. The average Bonchev–Trinajstić information content (AvgIpc) is 2.34. The van der Waals surface area contributed by atoms with Gasteiger partial charge in [0.15, 0.2) is 0 Å². The summed E-state index contributed by atoms with van der Waals surface area (Å²) in [6.07, 6.45) is 1.33. The molecule has 0 aromatic rings. The van der Waals surface area contributed by atoms with Crippen molar-refractivity contribution in [3.8, 4) is 0 Å². The third-order valence-corrected chi connectivity index (χ3v) is 3.74. The van der Waals surface area contributed by atoms with Crippen LogP contribution in [0.3, 0.4) is 0 Å². The first-order chi connectivity index (χ1) is 6.29. The first kappa shape index (κ1) is 11.3. The summed E-state index contributed by atoms with van der Waals surface area (Å²) in [4.78, 5) is 0. The quantitative estimate of drug-likeness (QED) is 0.692. The van der Waals surface area contributed by atoms with Crippen LogP contribution in [0.1, 0.15) is 27.2 Å². The van der Waals surface area contributed by atoms with Gasteiger partial charge in [0.25, 0.3) is 0 Å². The second-order valence-corrected chi connectivity index (χ2v) is 4.78. The second-order valence-electron chi connectivity index (χ2n) is 3.55. The van der Waals surface area contributed by atoms with Gasteiger partial charge >= 0.3 is 0 Å². The van der Waals surface area contributed by atoms with Gasteiger partial charge in [0.05, 0.1) is 0 Å². The molecule has 0 aromatic heterocycles. The number of hydrazine groups is 1. The first-order valence-corrected chi connectivity index (χ1v) is 6.54. The summed E-state index contributed by atoms with van der Waals surface area (Å²) in [7, 11) is 0. The Kier molecular flexibility index (Phi) is 5.14. The minimum absolute atomic E-state index is 0.731. The zero-order valence-corrected chi connectivity index (χ0v) is 9.94. The van der Waals surface area contributed by atoms with E-state index >= 15 is 0 Å².